The third-order valence-corrected chi connectivity index (χ3v) is 4.92. The highest BCUT2D eigenvalue weighted by Crippen LogP contribution is 2.40. The summed E-state index contributed by atoms with van der Waals surface area (Å²) in [5, 5.41) is 3.19. The number of urea groups is 1. The van der Waals surface area contributed by atoms with E-state index in [1.54, 1.807) is 0 Å². The van der Waals surface area contributed by atoms with Crippen LogP contribution in [0.25, 0.3) is 0 Å². The van der Waals surface area contributed by atoms with Crippen LogP contribution in [-0.4, -0.2) is 30.6 Å². The highest BCUT2D eigenvalue weighted by atomic mass is 16.2. The van der Waals surface area contributed by atoms with E-state index in [4.69, 9.17) is 0 Å². The van der Waals surface area contributed by atoms with Gasteiger partial charge in [0, 0.05) is 25.0 Å². The zero-order valence-corrected chi connectivity index (χ0v) is 12.1. The molecular weight excluding hydrogens is 248 g/mol. The van der Waals surface area contributed by atoms with Crippen molar-refractivity contribution in [1.82, 2.24) is 10.2 Å². The van der Waals surface area contributed by atoms with Gasteiger partial charge in [0.2, 0.25) is 0 Å². The Morgan fingerprint density at radius 3 is 2.35 bits per heavy atom. The highest BCUT2D eigenvalue weighted by Gasteiger charge is 2.36. The Hall–Kier alpha value is -1.51. The van der Waals surface area contributed by atoms with E-state index in [1.165, 1.54) is 31.2 Å². The Morgan fingerprint density at radius 1 is 1.05 bits per heavy atom. The molecule has 3 nitrogen and oxygen atoms in total. The van der Waals surface area contributed by atoms with E-state index in [1.807, 2.05) is 4.90 Å². The maximum atomic E-state index is 12.2. The van der Waals surface area contributed by atoms with Crippen molar-refractivity contribution in [3.8, 4) is 0 Å². The van der Waals surface area contributed by atoms with Crippen LogP contribution in [0.5, 0.6) is 0 Å². The Morgan fingerprint density at radius 2 is 1.70 bits per heavy atom. The minimum absolute atomic E-state index is 0.129. The van der Waals surface area contributed by atoms with Gasteiger partial charge >= 0.3 is 6.03 Å². The molecule has 1 N–H and O–H groups in total. The van der Waals surface area contributed by atoms with Gasteiger partial charge in [-0.1, -0.05) is 43.2 Å². The first-order valence-electron chi connectivity index (χ1n) is 7.89. The lowest BCUT2D eigenvalue weighted by molar-refractivity contribution is 0.205. The lowest BCUT2D eigenvalue weighted by Gasteiger charge is -2.31. The number of nitrogens with one attached hydrogen (secondary N) is 1. The number of hydrogen-bond donors (Lipinski definition) is 1. The quantitative estimate of drug-likeness (QED) is 0.899. The largest absolute Gasteiger partial charge is 0.337 e. The molecule has 1 aliphatic heterocycles. The van der Waals surface area contributed by atoms with Gasteiger partial charge in [0.15, 0.2) is 0 Å². The fraction of sp³-hybridized carbons (Fsp3) is 0.588. The summed E-state index contributed by atoms with van der Waals surface area (Å²) in [4.78, 5) is 14.1. The van der Waals surface area contributed by atoms with Gasteiger partial charge in [-0.2, -0.15) is 0 Å². The molecule has 0 spiro atoms. The van der Waals surface area contributed by atoms with Gasteiger partial charge in [-0.3, -0.25) is 0 Å². The van der Waals surface area contributed by atoms with Crippen molar-refractivity contribution < 1.29 is 4.79 Å². The molecule has 1 saturated heterocycles. The molecule has 2 amide bonds. The van der Waals surface area contributed by atoms with Crippen molar-refractivity contribution in [3.63, 3.8) is 0 Å². The Balaban J connectivity index is 1.67. The Labute approximate surface area is 121 Å². The number of carbonyl (C=O) groups is 1. The van der Waals surface area contributed by atoms with Gasteiger partial charge in [-0.15, -0.1) is 0 Å². The SMILES string of the molecule is O=C(NCC1(c2ccccc2)CCCC1)N1CCCC1. The number of likely N-dealkylation sites (tertiary alicyclic amines) is 1. The van der Waals surface area contributed by atoms with Crippen LogP contribution in [0.4, 0.5) is 4.79 Å². The molecule has 0 unspecified atom stereocenters. The van der Waals surface area contributed by atoms with Crippen LogP contribution in [-0.2, 0) is 5.41 Å². The monoisotopic (exact) mass is 272 g/mol. The second-order valence-electron chi connectivity index (χ2n) is 6.21. The van der Waals surface area contributed by atoms with Gasteiger partial charge in [0.25, 0.3) is 0 Å². The molecule has 3 heteroatoms. The zero-order valence-electron chi connectivity index (χ0n) is 12.1. The third-order valence-electron chi connectivity index (χ3n) is 4.92. The Bertz CT molecular complexity index is 445. The maximum Gasteiger partial charge on any atom is 0.317 e. The zero-order chi connectivity index (χ0) is 13.8. The van der Waals surface area contributed by atoms with E-state index in [9.17, 15) is 4.79 Å². The van der Waals surface area contributed by atoms with Crippen LogP contribution in [0, 0.1) is 0 Å². The first kappa shape index (κ1) is 13.5. The summed E-state index contributed by atoms with van der Waals surface area (Å²) in [5.74, 6) is 0. The van der Waals surface area contributed by atoms with E-state index < -0.39 is 0 Å². The van der Waals surface area contributed by atoms with Gasteiger partial charge < -0.3 is 10.2 Å². The topological polar surface area (TPSA) is 32.3 Å². The number of amides is 2. The van der Waals surface area contributed by atoms with Crippen molar-refractivity contribution in [2.24, 2.45) is 0 Å². The highest BCUT2D eigenvalue weighted by molar-refractivity contribution is 5.74. The van der Waals surface area contributed by atoms with E-state index in [0.717, 1.165) is 32.5 Å². The summed E-state index contributed by atoms with van der Waals surface area (Å²) >= 11 is 0. The third kappa shape index (κ3) is 2.67. The molecule has 1 saturated carbocycles. The normalized spacial score (nSPS) is 21.1. The van der Waals surface area contributed by atoms with Gasteiger partial charge in [-0.25, -0.2) is 4.79 Å². The van der Waals surface area contributed by atoms with Crippen LogP contribution in [0.1, 0.15) is 44.1 Å². The van der Waals surface area contributed by atoms with Crippen molar-refractivity contribution in [3.05, 3.63) is 35.9 Å². The number of nitrogens with zero attached hydrogens (tertiary/aromatic N) is 1. The van der Waals surface area contributed by atoms with E-state index in [2.05, 4.69) is 35.6 Å². The average molecular weight is 272 g/mol. The molecule has 1 aromatic rings. The minimum Gasteiger partial charge on any atom is -0.337 e. The van der Waals surface area contributed by atoms with Crippen LogP contribution in [0.15, 0.2) is 30.3 Å². The van der Waals surface area contributed by atoms with Crippen LogP contribution in [0.2, 0.25) is 0 Å². The molecule has 0 bridgehead atoms. The molecule has 3 rings (SSSR count). The molecule has 2 aliphatic rings. The summed E-state index contributed by atoms with van der Waals surface area (Å²) in [6, 6.07) is 10.8. The predicted octanol–water partition coefficient (Wildman–Crippen LogP) is 3.30. The van der Waals surface area contributed by atoms with E-state index in [-0.39, 0.29) is 11.4 Å². The minimum atomic E-state index is 0.129. The smallest absolute Gasteiger partial charge is 0.317 e. The molecule has 1 aromatic carbocycles. The van der Waals surface area contributed by atoms with Crippen molar-refractivity contribution in [2.45, 2.75) is 43.9 Å². The number of hydrogen-bond acceptors (Lipinski definition) is 1. The van der Waals surface area contributed by atoms with Crippen molar-refractivity contribution in [2.75, 3.05) is 19.6 Å². The summed E-state index contributed by atoms with van der Waals surface area (Å²) in [5.41, 5.74) is 1.55. The average Bonchev–Trinajstić information content (AvgIpc) is 3.18. The van der Waals surface area contributed by atoms with Crippen molar-refractivity contribution >= 4 is 6.03 Å². The van der Waals surface area contributed by atoms with Crippen LogP contribution in [0.3, 0.4) is 0 Å². The number of carbonyl (C=O) groups excluding carboxylic acids is 1. The fourth-order valence-corrected chi connectivity index (χ4v) is 3.69. The molecule has 20 heavy (non-hydrogen) atoms. The van der Waals surface area contributed by atoms with E-state index in [0.29, 0.717) is 0 Å². The molecule has 1 heterocycles. The first-order chi connectivity index (χ1) is 9.80. The number of benzene rings is 1. The molecule has 108 valence electrons. The summed E-state index contributed by atoms with van der Waals surface area (Å²) in [6.45, 7) is 2.63. The molecule has 1 aliphatic carbocycles. The molecule has 0 atom stereocenters. The fourth-order valence-electron chi connectivity index (χ4n) is 3.69. The second-order valence-corrected chi connectivity index (χ2v) is 6.21. The van der Waals surface area contributed by atoms with Crippen LogP contribution < -0.4 is 5.32 Å². The lowest BCUT2D eigenvalue weighted by atomic mass is 9.79. The van der Waals surface area contributed by atoms with E-state index >= 15 is 0 Å². The lowest BCUT2D eigenvalue weighted by Crippen LogP contribution is -2.44. The van der Waals surface area contributed by atoms with Gasteiger partial charge in [0.05, 0.1) is 0 Å². The summed E-state index contributed by atoms with van der Waals surface area (Å²) in [7, 11) is 0. The maximum absolute atomic E-state index is 12.2. The molecule has 2 fully saturated rings. The molecular formula is C17H24N2O. The van der Waals surface area contributed by atoms with Crippen molar-refractivity contribution in [1.29, 1.82) is 0 Å². The summed E-state index contributed by atoms with van der Waals surface area (Å²) in [6.07, 6.45) is 7.23. The number of rotatable bonds is 3. The molecule has 0 aromatic heterocycles. The first-order valence-corrected chi connectivity index (χ1v) is 7.89. The van der Waals surface area contributed by atoms with Gasteiger partial charge in [-0.05, 0) is 31.2 Å². The molecule has 0 radical (unpaired) electrons. The van der Waals surface area contributed by atoms with Gasteiger partial charge in [0.1, 0.15) is 0 Å². The van der Waals surface area contributed by atoms with Crippen LogP contribution >= 0.6 is 0 Å². The standard InChI is InChI=1S/C17H24N2O/c20-16(19-12-6-7-13-19)18-14-17(10-4-5-11-17)15-8-2-1-3-9-15/h1-3,8-9H,4-7,10-14H2,(H,18,20). The Kier molecular flexibility index (Phi) is 3.95. The second kappa shape index (κ2) is 5.86. The predicted molar refractivity (Wildman–Crippen MR) is 80.8 cm³/mol. The summed E-state index contributed by atoms with van der Waals surface area (Å²) < 4.78 is 0.